The summed E-state index contributed by atoms with van der Waals surface area (Å²) in [5.41, 5.74) is 13.3. The second-order valence-corrected chi connectivity index (χ2v) is 9.29. The summed E-state index contributed by atoms with van der Waals surface area (Å²) in [6, 6.07) is 4.05. The average molecular weight is 540 g/mol. The third kappa shape index (κ3) is 3.76. The van der Waals surface area contributed by atoms with Crippen LogP contribution in [0.3, 0.4) is 0 Å². The first kappa shape index (κ1) is 20.6. The van der Waals surface area contributed by atoms with Gasteiger partial charge in [-0.3, -0.25) is 14.6 Å². The minimum absolute atomic E-state index is 0.382. The molecule has 0 bridgehead atoms. The Balaban J connectivity index is 1.91. The molecule has 2 heterocycles. The van der Waals surface area contributed by atoms with Gasteiger partial charge in [-0.25, -0.2) is 0 Å². The van der Waals surface area contributed by atoms with Gasteiger partial charge in [0.05, 0.1) is 16.4 Å². The van der Waals surface area contributed by atoms with Crippen LogP contribution in [0.25, 0.3) is 5.57 Å². The van der Waals surface area contributed by atoms with Gasteiger partial charge in [0.1, 0.15) is 0 Å². The van der Waals surface area contributed by atoms with Crippen LogP contribution < -0.4 is 5.73 Å². The van der Waals surface area contributed by atoms with Gasteiger partial charge in [0.2, 0.25) is 6.29 Å². The number of aldehydes is 1. The van der Waals surface area contributed by atoms with Crippen LogP contribution in [-0.2, 0) is 22.4 Å². The predicted octanol–water partition coefficient (Wildman–Crippen LogP) is 4.56. The molecule has 2 N–H and O–H groups in total. The van der Waals surface area contributed by atoms with E-state index >= 15 is 0 Å². The first-order valence-electron chi connectivity index (χ1n) is 9.28. The molecule has 5 nitrogen and oxygen atoms in total. The van der Waals surface area contributed by atoms with Gasteiger partial charge in [-0.05, 0) is 86.4 Å². The van der Waals surface area contributed by atoms with E-state index in [4.69, 9.17) is 22.3 Å². The molecule has 1 aliphatic heterocycles. The molecule has 1 saturated heterocycles. The largest absolute Gasteiger partial charge is 0.397 e. The van der Waals surface area contributed by atoms with E-state index in [2.05, 4.69) is 37.9 Å². The number of aryl methyl sites for hydroxylation is 1. The van der Waals surface area contributed by atoms with Crippen LogP contribution >= 0.6 is 43.5 Å². The topological polar surface area (TPSA) is 76.3 Å². The molecular formula is C21H18Br2ClN3O2. The number of rotatable bonds is 1. The van der Waals surface area contributed by atoms with E-state index in [1.54, 1.807) is 4.90 Å². The van der Waals surface area contributed by atoms with E-state index in [0.717, 1.165) is 49.7 Å². The molecule has 0 spiro atoms. The van der Waals surface area contributed by atoms with Crippen LogP contribution in [0.5, 0.6) is 0 Å². The van der Waals surface area contributed by atoms with Crippen molar-refractivity contribution in [3.8, 4) is 0 Å². The molecule has 150 valence electrons. The van der Waals surface area contributed by atoms with Crippen LogP contribution in [0.4, 0.5) is 5.69 Å². The van der Waals surface area contributed by atoms with Crippen LogP contribution in [0.1, 0.15) is 35.2 Å². The number of anilines is 1. The minimum Gasteiger partial charge on any atom is -0.397 e. The van der Waals surface area contributed by atoms with Crippen molar-refractivity contribution in [2.45, 2.75) is 25.7 Å². The smallest absolute Gasteiger partial charge is 0.286 e. The molecule has 0 saturated carbocycles. The number of hydrogen-bond acceptors (Lipinski definition) is 4. The maximum atomic E-state index is 11.8. The van der Waals surface area contributed by atoms with E-state index in [-0.39, 0.29) is 0 Å². The predicted molar refractivity (Wildman–Crippen MR) is 121 cm³/mol. The lowest BCUT2D eigenvalue weighted by Crippen LogP contribution is -2.37. The Morgan fingerprint density at radius 2 is 1.90 bits per heavy atom. The molecule has 29 heavy (non-hydrogen) atoms. The maximum Gasteiger partial charge on any atom is 0.286 e. The normalized spacial score (nSPS) is 16.2. The fourth-order valence-electron chi connectivity index (χ4n) is 4.11. The van der Waals surface area contributed by atoms with E-state index in [1.807, 2.05) is 12.3 Å². The van der Waals surface area contributed by atoms with Crippen LogP contribution in [-0.4, -0.2) is 35.2 Å². The number of aromatic nitrogens is 1. The Hall–Kier alpha value is -1.70. The highest BCUT2D eigenvalue weighted by Crippen LogP contribution is 2.44. The highest BCUT2D eigenvalue weighted by atomic mass is 79.9. The van der Waals surface area contributed by atoms with E-state index in [0.29, 0.717) is 42.9 Å². The number of nitrogen functional groups attached to an aromatic ring is 1. The summed E-state index contributed by atoms with van der Waals surface area (Å²) in [5.74, 6) is -0.462. The maximum absolute atomic E-state index is 11.8. The summed E-state index contributed by atoms with van der Waals surface area (Å²) in [5, 5.41) is 0.527. The SMILES string of the molecule is Nc1cc2c(c(Br)c1Cl)CCc1cc(Br)cnc1C2=C1CCN(C(=O)C=O)CC1. The lowest BCUT2D eigenvalue weighted by molar-refractivity contribution is -0.139. The zero-order chi connectivity index (χ0) is 20.7. The Kier molecular flexibility index (Phi) is 5.82. The van der Waals surface area contributed by atoms with Crippen molar-refractivity contribution in [3.05, 3.63) is 60.3 Å². The van der Waals surface area contributed by atoms with Crippen molar-refractivity contribution >= 4 is 66.9 Å². The van der Waals surface area contributed by atoms with Crippen LogP contribution in [0.2, 0.25) is 5.02 Å². The zero-order valence-electron chi connectivity index (χ0n) is 15.5. The van der Waals surface area contributed by atoms with Crippen molar-refractivity contribution in [1.29, 1.82) is 0 Å². The molecule has 1 aromatic heterocycles. The first-order chi connectivity index (χ1) is 13.9. The second kappa shape index (κ2) is 8.20. The van der Waals surface area contributed by atoms with Crippen molar-refractivity contribution < 1.29 is 9.59 Å². The number of carbonyl (C=O) groups excluding carboxylic acids is 2. The van der Waals surface area contributed by atoms with E-state index < -0.39 is 5.91 Å². The van der Waals surface area contributed by atoms with Gasteiger partial charge in [0, 0.05) is 33.8 Å². The molecule has 2 aromatic rings. The third-order valence-electron chi connectivity index (χ3n) is 5.55. The van der Waals surface area contributed by atoms with Gasteiger partial charge in [-0.2, -0.15) is 0 Å². The summed E-state index contributed by atoms with van der Waals surface area (Å²) in [6.07, 6.45) is 5.21. The average Bonchev–Trinajstić information content (AvgIpc) is 2.88. The molecule has 4 rings (SSSR count). The minimum atomic E-state index is -0.462. The van der Waals surface area contributed by atoms with Crippen molar-refractivity contribution in [1.82, 2.24) is 9.88 Å². The van der Waals surface area contributed by atoms with Gasteiger partial charge < -0.3 is 10.6 Å². The number of nitrogens with zero attached hydrogens (tertiary/aromatic N) is 2. The molecule has 1 aromatic carbocycles. The summed E-state index contributed by atoms with van der Waals surface area (Å²) in [7, 11) is 0. The van der Waals surface area contributed by atoms with E-state index in [1.165, 1.54) is 5.57 Å². The molecule has 2 aliphatic rings. The van der Waals surface area contributed by atoms with Gasteiger partial charge >= 0.3 is 0 Å². The van der Waals surface area contributed by atoms with Crippen LogP contribution in [0.15, 0.2) is 32.8 Å². The monoisotopic (exact) mass is 537 g/mol. The van der Waals surface area contributed by atoms with Gasteiger partial charge in [-0.1, -0.05) is 17.2 Å². The Morgan fingerprint density at radius 1 is 1.17 bits per heavy atom. The lowest BCUT2D eigenvalue weighted by Gasteiger charge is -2.29. The number of fused-ring (bicyclic) bond motifs is 2. The second-order valence-electron chi connectivity index (χ2n) is 7.20. The highest BCUT2D eigenvalue weighted by molar-refractivity contribution is 9.10. The number of halogens is 3. The molecule has 8 heteroatoms. The Bertz CT molecular complexity index is 1060. The van der Waals surface area contributed by atoms with Gasteiger partial charge in [-0.15, -0.1) is 0 Å². The number of likely N-dealkylation sites (tertiary alicyclic amines) is 1. The summed E-state index contributed by atoms with van der Waals surface area (Å²) >= 11 is 13.6. The van der Waals surface area contributed by atoms with Crippen molar-refractivity contribution in [2.24, 2.45) is 0 Å². The fraction of sp³-hybridized carbons (Fsp3) is 0.286. The lowest BCUT2D eigenvalue weighted by atomic mass is 9.88. The number of benzene rings is 1. The fourth-order valence-corrected chi connectivity index (χ4v) is 5.30. The zero-order valence-corrected chi connectivity index (χ0v) is 19.4. The summed E-state index contributed by atoms with van der Waals surface area (Å²) in [4.78, 5) is 29.0. The highest BCUT2D eigenvalue weighted by Gasteiger charge is 2.28. The standard InChI is InChI=1S/C21H18Br2ClN3O2/c22-13-7-12-1-2-14-15(8-16(25)20(24)19(14)23)18(21(12)26-9-13)11-3-5-27(6-4-11)17(29)10-28/h7-10H,1-6,25H2. The molecular weight excluding hydrogens is 522 g/mol. The number of hydrogen-bond donors (Lipinski definition) is 1. The Morgan fingerprint density at radius 3 is 2.59 bits per heavy atom. The molecule has 1 amide bonds. The van der Waals surface area contributed by atoms with Crippen molar-refractivity contribution in [2.75, 3.05) is 18.8 Å². The van der Waals surface area contributed by atoms with Crippen molar-refractivity contribution in [3.63, 3.8) is 0 Å². The Labute approximate surface area is 190 Å². The molecule has 0 radical (unpaired) electrons. The molecule has 1 aliphatic carbocycles. The number of amides is 1. The number of nitrogens with two attached hydrogens (primary N) is 1. The molecule has 0 atom stereocenters. The summed E-state index contributed by atoms with van der Waals surface area (Å²) < 4.78 is 1.77. The first-order valence-corrected chi connectivity index (χ1v) is 11.2. The van der Waals surface area contributed by atoms with Crippen LogP contribution in [0, 0.1) is 0 Å². The number of piperidine rings is 1. The third-order valence-corrected chi connectivity index (χ3v) is 7.50. The van der Waals surface area contributed by atoms with E-state index in [9.17, 15) is 9.59 Å². The summed E-state index contributed by atoms with van der Waals surface area (Å²) in [6.45, 7) is 1.03. The molecule has 0 unspecified atom stereocenters. The number of pyridine rings is 1. The van der Waals surface area contributed by atoms with Gasteiger partial charge in [0.15, 0.2) is 0 Å². The molecule has 1 fully saturated rings. The van der Waals surface area contributed by atoms with Gasteiger partial charge in [0.25, 0.3) is 5.91 Å². The quantitative estimate of drug-likeness (QED) is 0.328. The number of carbonyl (C=O) groups is 2.